The molecule has 1 N–H and O–H groups in total. The summed E-state index contributed by atoms with van der Waals surface area (Å²) in [6.07, 6.45) is 1.17. The smallest absolute Gasteiger partial charge is 0.303 e. The summed E-state index contributed by atoms with van der Waals surface area (Å²) in [6.45, 7) is 4.05. The van der Waals surface area contributed by atoms with Crippen molar-refractivity contribution in [1.82, 2.24) is 0 Å². The van der Waals surface area contributed by atoms with E-state index < -0.39 is 5.97 Å². The Balaban J connectivity index is 3.17. The van der Waals surface area contributed by atoms with Crippen LogP contribution in [0.5, 0.6) is 0 Å². The van der Waals surface area contributed by atoms with Crippen LogP contribution in [-0.4, -0.2) is 11.1 Å². The molecule has 8 heavy (non-hydrogen) atoms. The molecule has 0 unspecified atom stereocenters. The molecule has 0 aromatic rings. The predicted molar refractivity (Wildman–Crippen MR) is 31.7 cm³/mol. The van der Waals surface area contributed by atoms with Crippen LogP contribution >= 0.6 is 0 Å². The van der Waals surface area contributed by atoms with Gasteiger partial charge < -0.3 is 5.11 Å². The fourth-order valence-electron chi connectivity index (χ4n) is 0.407. The Morgan fingerprint density at radius 3 is 2.88 bits per heavy atom. The molecule has 0 fully saturated rings. The highest BCUT2D eigenvalue weighted by atomic mass is 16.4. The quantitative estimate of drug-likeness (QED) is 0.608. The maximum atomic E-state index is 10.3. The summed E-state index contributed by atoms with van der Waals surface area (Å²) in [4.78, 5) is 10.3. The summed E-state index contributed by atoms with van der Waals surface area (Å²) < 4.78 is 6.20. The van der Waals surface area contributed by atoms with Gasteiger partial charge in [0.25, 0.3) is 1.43 Å². The molecule has 0 aliphatic carbocycles. The lowest BCUT2D eigenvalue weighted by Gasteiger charge is -1.97. The summed E-state index contributed by atoms with van der Waals surface area (Å²) in [5.74, 6) is 0.0628. The van der Waals surface area contributed by atoms with Gasteiger partial charge in [0.2, 0.25) is 0 Å². The molecular weight excluding hydrogens is 104 g/mol. The first-order chi connectivity index (χ1) is 4.16. The average Bonchev–Trinajstić information content (AvgIpc) is 1.83. The number of carbonyl (C=O) groups is 1. The molecule has 0 saturated heterocycles. The van der Waals surface area contributed by atoms with Crippen LogP contribution < -0.4 is 0 Å². The summed E-state index contributed by atoms with van der Waals surface area (Å²) in [7, 11) is 0. The third-order valence-corrected chi connectivity index (χ3v) is 0.926. The van der Waals surface area contributed by atoms with E-state index in [2.05, 4.69) is 5.11 Å². The van der Waals surface area contributed by atoms with Gasteiger partial charge in [-0.25, -0.2) is 0 Å². The average molecular weight is 117 g/mol. The van der Waals surface area contributed by atoms with Gasteiger partial charge in [0.1, 0.15) is 0 Å². The number of aliphatic carboxylic acids is 1. The Morgan fingerprint density at radius 1 is 1.88 bits per heavy atom. The van der Waals surface area contributed by atoms with Gasteiger partial charge >= 0.3 is 5.97 Å². The molecule has 0 aromatic heterocycles. The maximum Gasteiger partial charge on any atom is 0.303 e. The van der Waals surface area contributed by atoms with Crippen molar-refractivity contribution in [2.45, 2.75) is 26.7 Å². The van der Waals surface area contributed by atoms with Crippen molar-refractivity contribution in [3.63, 3.8) is 0 Å². The van der Waals surface area contributed by atoms with Crippen molar-refractivity contribution in [3.8, 4) is 0 Å². The van der Waals surface area contributed by atoms with Gasteiger partial charge in [0.05, 0.1) is 0 Å². The molecule has 0 rings (SSSR count). The standard InChI is InChI=1S/C6H12O2/c1-5(2)3-4-6(7)8/h5H,3-4H2,1-2H3,(H,7,8)/i/hD. The first-order valence-corrected chi connectivity index (χ1v) is 2.82. The highest BCUT2D eigenvalue weighted by molar-refractivity contribution is 5.66. The van der Waals surface area contributed by atoms with Crippen molar-refractivity contribution in [3.05, 3.63) is 0 Å². The predicted octanol–water partition coefficient (Wildman–Crippen LogP) is 1.51. The van der Waals surface area contributed by atoms with Gasteiger partial charge in [-0.2, -0.15) is 0 Å². The number of hydrogen-bond donors (Lipinski definition) is 1. The molecule has 0 aliphatic heterocycles. The zero-order chi connectivity index (χ0) is 7.28. The third-order valence-electron chi connectivity index (χ3n) is 0.926. The molecule has 0 aromatic carbocycles. The monoisotopic (exact) mass is 117 g/mol. The second-order valence-electron chi connectivity index (χ2n) is 2.30. The van der Waals surface area contributed by atoms with E-state index in [1.165, 1.54) is 0 Å². The zero-order valence-corrected chi connectivity index (χ0v) is 5.31. The lowest BCUT2D eigenvalue weighted by Crippen LogP contribution is -1.97. The highest BCUT2D eigenvalue weighted by Gasteiger charge is 1.97. The lowest BCUT2D eigenvalue weighted by molar-refractivity contribution is -0.137. The second-order valence-corrected chi connectivity index (χ2v) is 2.30. The molecule has 2 heteroatoms. The van der Waals surface area contributed by atoms with Crippen molar-refractivity contribution in [2.75, 3.05) is 0 Å². The third kappa shape index (κ3) is 5.47. The Bertz CT molecular complexity index is 91.1. The number of carboxylic acid groups (broad SMARTS) is 1. The van der Waals surface area contributed by atoms with Gasteiger partial charge in [0, 0.05) is 6.42 Å². The Kier molecular flexibility index (Phi) is 2.43. The van der Waals surface area contributed by atoms with E-state index in [0.717, 1.165) is 6.42 Å². The van der Waals surface area contributed by atoms with Gasteiger partial charge in [-0.3, -0.25) is 4.79 Å². The van der Waals surface area contributed by atoms with E-state index in [1.54, 1.807) is 0 Å². The van der Waals surface area contributed by atoms with E-state index >= 15 is 0 Å². The molecule has 0 heterocycles. The fourth-order valence-corrected chi connectivity index (χ4v) is 0.407. The van der Waals surface area contributed by atoms with E-state index in [-0.39, 0.29) is 0 Å². The molecule has 0 spiro atoms. The van der Waals surface area contributed by atoms with Crippen LogP contribution in [0.15, 0.2) is 0 Å². The number of hydrogen-bond acceptors (Lipinski definition) is 2. The van der Waals surface area contributed by atoms with Crippen LogP contribution in [-0.2, 0) is 4.79 Å². The van der Waals surface area contributed by atoms with Gasteiger partial charge in [-0.1, -0.05) is 13.8 Å². The molecule has 0 atom stereocenters. The van der Waals surface area contributed by atoms with E-state index in [9.17, 15) is 4.79 Å². The van der Waals surface area contributed by atoms with Crippen LogP contribution in [0.25, 0.3) is 1.43 Å². The molecule has 0 radical (unpaired) electrons. The van der Waals surface area contributed by atoms with Crippen LogP contribution in [0.2, 0.25) is 0 Å². The molecule has 2 nitrogen and oxygen atoms in total. The normalized spacial score (nSPS) is 11.1. The van der Waals surface area contributed by atoms with Gasteiger partial charge in [-0.05, 0) is 12.3 Å². The molecule has 0 aliphatic rings. The van der Waals surface area contributed by atoms with Crippen LogP contribution in [0, 0.1) is 5.92 Å². The van der Waals surface area contributed by atoms with E-state index in [0.29, 0.717) is 12.3 Å². The number of rotatable bonds is 3. The molecule has 48 valence electrons. The molecular formula is C6H12O2. The van der Waals surface area contributed by atoms with Crippen LogP contribution in [0.1, 0.15) is 26.7 Å². The van der Waals surface area contributed by atoms with Crippen molar-refractivity contribution >= 4 is 5.97 Å². The molecule has 0 amide bonds. The largest absolute Gasteiger partial charge is 0.481 e. The van der Waals surface area contributed by atoms with Crippen LogP contribution in [0.4, 0.5) is 0 Å². The summed E-state index contributed by atoms with van der Waals surface area (Å²) >= 11 is 0. The minimum Gasteiger partial charge on any atom is -0.481 e. The van der Waals surface area contributed by atoms with Gasteiger partial charge in [-0.15, -0.1) is 0 Å². The number of carboxylic acids is 1. The second kappa shape index (κ2) is 3.47. The first-order valence-electron chi connectivity index (χ1n) is 3.23. The van der Waals surface area contributed by atoms with Crippen molar-refractivity contribution < 1.29 is 9.90 Å². The van der Waals surface area contributed by atoms with Gasteiger partial charge in [0.15, 0.2) is 0 Å². The minimum absolute atomic E-state index is 0.362. The fraction of sp³-hybridized carbons (Fsp3) is 0.833. The summed E-state index contributed by atoms with van der Waals surface area (Å²) in [5.41, 5.74) is 0. The highest BCUT2D eigenvalue weighted by Crippen LogP contribution is 2.01. The summed E-state index contributed by atoms with van der Waals surface area (Å²) in [5, 5.41) is 3.71. The Morgan fingerprint density at radius 2 is 2.50 bits per heavy atom. The molecule has 0 saturated carbocycles. The van der Waals surface area contributed by atoms with E-state index in [1.807, 2.05) is 13.8 Å². The topological polar surface area (TPSA) is 37.3 Å². The minimum atomic E-state index is -0.441. The summed E-state index contributed by atoms with van der Waals surface area (Å²) in [6, 6.07) is 0. The van der Waals surface area contributed by atoms with E-state index in [4.69, 9.17) is 1.43 Å². The van der Waals surface area contributed by atoms with Crippen LogP contribution in [0.3, 0.4) is 0 Å². The van der Waals surface area contributed by atoms with Crippen molar-refractivity contribution in [1.29, 1.82) is 1.43 Å². The zero-order valence-electron chi connectivity index (χ0n) is 6.31. The SMILES string of the molecule is [2H]OC(=O)CCC(C)C. The van der Waals surface area contributed by atoms with Crippen molar-refractivity contribution in [2.24, 2.45) is 5.92 Å². The molecule has 0 bridgehead atoms. The Labute approximate surface area is 51.0 Å². The lowest BCUT2D eigenvalue weighted by atomic mass is 10.1. The maximum absolute atomic E-state index is 10.3. The first kappa shape index (κ1) is 5.60. The Hall–Kier alpha value is -0.530.